The molecule has 0 N–H and O–H groups in total. The summed E-state index contributed by atoms with van der Waals surface area (Å²) in [6.45, 7) is 8.12. The predicted molar refractivity (Wildman–Crippen MR) is 69.6 cm³/mol. The molecule has 1 atom stereocenters. The molecule has 0 aromatic heterocycles. The van der Waals surface area contributed by atoms with Gasteiger partial charge in [0.2, 0.25) is 6.10 Å². The van der Waals surface area contributed by atoms with E-state index in [0.29, 0.717) is 6.29 Å². The van der Waals surface area contributed by atoms with Crippen molar-refractivity contribution < 1.29 is 23.9 Å². The number of esters is 1. The van der Waals surface area contributed by atoms with Crippen LogP contribution in [0.2, 0.25) is 0 Å². The Balaban J connectivity index is 5.14. The van der Waals surface area contributed by atoms with Gasteiger partial charge in [-0.1, -0.05) is 0 Å². The van der Waals surface area contributed by atoms with Gasteiger partial charge in [-0.2, -0.15) is 0 Å². The molecule has 0 spiro atoms. The van der Waals surface area contributed by atoms with Crippen LogP contribution in [0.4, 0.5) is 4.79 Å². The van der Waals surface area contributed by atoms with E-state index in [9.17, 15) is 14.4 Å². The fourth-order valence-electron chi connectivity index (χ4n) is 1.13. The Morgan fingerprint density at radius 2 is 1.58 bits per heavy atom. The summed E-state index contributed by atoms with van der Waals surface area (Å²) < 4.78 is 10.2. The summed E-state index contributed by atoms with van der Waals surface area (Å²) in [5.74, 6) is -0.736. The van der Waals surface area contributed by atoms with Gasteiger partial charge >= 0.3 is 12.1 Å². The second kappa shape index (κ2) is 6.04. The third kappa shape index (κ3) is 5.72. The van der Waals surface area contributed by atoms with Crippen molar-refractivity contribution >= 4 is 18.3 Å². The normalized spacial score (nSPS) is 13.4. The van der Waals surface area contributed by atoms with Crippen molar-refractivity contribution in [3.63, 3.8) is 0 Å². The highest BCUT2D eigenvalue weighted by Crippen LogP contribution is 2.24. The highest BCUT2D eigenvalue weighted by atomic mass is 16.6. The van der Waals surface area contributed by atoms with Crippen molar-refractivity contribution in [3.05, 3.63) is 0 Å². The summed E-state index contributed by atoms with van der Waals surface area (Å²) in [6, 6.07) is 0. The van der Waals surface area contributed by atoms with Crippen LogP contribution in [0.15, 0.2) is 0 Å². The quantitative estimate of drug-likeness (QED) is 0.575. The smallest absolute Gasteiger partial charge is 0.410 e. The van der Waals surface area contributed by atoms with Gasteiger partial charge in [-0.15, -0.1) is 0 Å². The molecule has 0 radical (unpaired) electrons. The lowest BCUT2D eigenvalue weighted by molar-refractivity contribution is -0.172. The lowest BCUT2D eigenvalue weighted by atomic mass is 9.88. The van der Waals surface area contributed by atoms with E-state index in [1.54, 1.807) is 20.8 Å². The number of hydrogen-bond acceptors (Lipinski definition) is 5. The molecule has 0 fully saturated rings. The summed E-state index contributed by atoms with van der Waals surface area (Å²) in [5.41, 5.74) is -1.88. The standard InChI is InChI=1S/C13H23NO5/c1-12(2,3)19-10(16)9(13(4,5)8-15)18-11(17)14(6)7/h8-9H,1-7H3. The summed E-state index contributed by atoms with van der Waals surface area (Å²) in [7, 11) is 2.98. The Labute approximate surface area is 114 Å². The largest absolute Gasteiger partial charge is 0.457 e. The van der Waals surface area contributed by atoms with Gasteiger partial charge in [0.05, 0.1) is 5.41 Å². The predicted octanol–water partition coefficient (Wildman–Crippen LogP) is 1.62. The lowest BCUT2D eigenvalue weighted by Crippen LogP contribution is -2.46. The molecule has 0 saturated heterocycles. The van der Waals surface area contributed by atoms with Gasteiger partial charge in [-0.25, -0.2) is 9.59 Å². The maximum atomic E-state index is 12.0. The molecule has 6 heteroatoms. The van der Waals surface area contributed by atoms with E-state index < -0.39 is 29.2 Å². The third-order valence-electron chi connectivity index (χ3n) is 2.18. The molecule has 0 aromatic rings. The number of amides is 1. The van der Waals surface area contributed by atoms with Gasteiger partial charge in [0.25, 0.3) is 0 Å². The zero-order valence-corrected chi connectivity index (χ0v) is 12.6. The Bertz CT molecular complexity index is 355. The van der Waals surface area contributed by atoms with Gasteiger partial charge in [0.1, 0.15) is 11.9 Å². The average molecular weight is 273 g/mol. The van der Waals surface area contributed by atoms with Crippen LogP contribution < -0.4 is 0 Å². The first-order valence-corrected chi connectivity index (χ1v) is 5.98. The van der Waals surface area contributed by atoms with Crippen LogP contribution in [0.1, 0.15) is 34.6 Å². The lowest BCUT2D eigenvalue weighted by Gasteiger charge is -2.30. The van der Waals surface area contributed by atoms with Gasteiger partial charge in [-0.3, -0.25) is 0 Å². The minimum absolute atomic E-state index is 0.574. The van der Waals surface area contributed by atoms with Gasteiger partial charge < -0.3 is 19.2 Å². The number of hydrogen-bond donors (Lipinski definition) is 0. The molecule has 0 aliphatic heterocycles. The molecular formula is C13H23NO5. The zero-order chi connectivity index (χ0) is 15.4. The van der Waals surface area contributed by atoms with Crippen LogP contribution in [0, 0.1) is 5.41 Å². The minimum Gasteiger partial charge on any atom is -0.457 e. The van der Waals surface area contributed by atoms with Gasteiger partial charge in [0, 0.05) is 14.1 Å². The van der Waals surface area contributed by atoms with Crippen LogP contribution in [-0.4, -0.2) is 49.0 Å². The van der Waals surface area contributed by atoms with Crippen LogP contribution in [0.25, 0.3) is 0 Å². The number of aldehydes is 1. The molecule has 0 aromatic carbocycles. The first-order valence-electron chi connectivity index (χ1n) is 5.98. The zero-order valence-electron chi connectivity index (χ0n) is 12.6. The molecule has 0 rings (SSSR count). The third-order valence-corrected chi connectivity index (χ3v) is 2.18. The van der Waals surface area contributed by atoms with Crippen molar-refractivity contribution in [2.45, 2.75) is 46.3 Å². The molecule has 0 saturated carbocycles. The first-order chi connectivity index (χ1) is 8.40. The van der Waals surface area contributed by atoms with Crippen LogP contribution >= 0.6 is 0 Å². The number of ether oxygens (including phenoxy) is 2. The van der Waals surface area contributed by atoms with E-state index >= 15 is 0 Å². The van der Waals surface area contributed by atoms with E-state index in [2.05, 4.69) is 0 Å². The molecule has 0 heterocycles. The topological polar surface area (TPSA) is 72.9 Å². The minimum atomic E-state index is -1.28. The average Bonchev–Trinajstić information content (AvgIpc) is 2.22. The second-order valence-electron chi connectivity index (χ2n) is 6.13. The highest BCUT2D eigenvalue weighted by molar-refractivity contribution is 5.83. The number of carbonyl (C=O) groups is 3. The molecule has 0 aliphatic carbocycles. The van der Waals surface area contributed by atoms with E-state index in [1.807, 2.05) is 0 Å². The molecule has 19 heavy (non-hydrogen) atoms. The SMILES string of the molecule is CN(C)C(=O)OC(C(=O)OC(C)(C)C)C(C)(C)C=O. The van der Waals surface area contributed by atoms with Gasteiger partial charge in [0.15, 0.2) is 0 Å². The van der Waals surface area contributed by atoms with E-state index in [0.717, 1.165) is 0 Å². The van der Waals surface area contributed by atoms with Gasteiger partial charge in [-0.05, 0) is 34.6 Å². The molecule has 6 nitrogen and oxygen atoms in total. The summed E-state index contributed by atoms with van der Waals surface area (Å²) in [6.07, 6.45) is -1.41. The fraction of sp³-hybridized carbons (Fsp3) is 0.769. The maximum Gasteiger partial charge on any atom is 0.410 e. The number of carbonyl (C=O) groups excluding carboxylic acids is 3. The van der Waals surface area contributed by atoms with Crippen LogP contribution in [0.5, 0.6) is 0 Å². The van der Waals surface area contributed by atoms with Crippen molar-refractivity contribution in [2.24, 2.45) is 5.41 Å². The van der Waals surface area contributed by atoms with Crippen molar-refractivity contribution in [3.8, 4) is 0 Å². The van der Waals surface area contributed by atoms with Crippen LogP contribution in [0.3, 0.4) is 0 Å². The fourth-order valence-corrected chi connectivity index (χ4v) is 1.13. The van der Waals surface area contributed by atoms with Crippen LogP contribution in [-0.2, 0) is 19.1 Å². The number of nitrogens with zero attached hydrogens (tertiary/aromatic N) is 1. The second-order valence-corrected chi connectivity index (χ2v) is 6.13. The van der Waals surface area contributed by atoms with E-state index in [4.69, 9.17) is 9.47 Å². The van der Waals surface area contributed by atoms with Crippen molar-refractivity contribution in [2.75, 3.05) is 14.1 Å². The summed E-state index contributed by atoms with van der Waals surface area (Å²) in [4.78, 5) is 35.9. The van der Waals surface area contributed by atoms with E-state index in [-0.39, 0.29) is 0 Å². The van der Waals surface area contributed by atoms with Crippen molar-refractivity contribution in [1.82, 2.24) is 4.90 Å². The number of rotatable bonds is 4. The molecular weight excluding hydrogens is 250 g/mol. The maximum absolute atomic E-state index is 12.0. The molecule has 0 aliphatic rings. The van der Waals surface area contributed by atoms with Crippen molar-refractivity contribution in [1.29, 1.82) is 0 Å². The summed E-state index contributed by atoms with van der Waals surface area (Å²) >= 11 is 0. The van der Waals surface area contributed by atoms with E-state index in [1.165, 1.54) is 32.8 Å². The monoisotopic (exact) mass is 273 g/mol. The highest BCUT2D eigenvalue weighted by Gasteiger charge is 2.41. The Hall–Kier alpha value is -1.59. The first kappa shape index (κ1) is 17.4. The molecule has 0 bridgehead atoms. The Morgan fingerprint density at radius 3 is 1.89 bits per heavy atom. The Kier molecular flexibility index (Phi) is 5.53. The summed E-state index contributed by atoms with van der Waals surface area (Å²) in [5, 5.41) is 0. The Morgan fingerprint density at radius 1 is 1.11 bits per heavy atom. The molecule has 1 unspecified atom stereocenters. The molecule has 110 valence electrons. The molecule has 1 amide bonds.